The molecule has 0 bridgehead atoms. The highest BCUT2D eigenvalue weighted by Gasteiger charge is 2.12. The molecule has 3 nitrogen and oxygen atoms in total. The molecule has 0 radical (unpaired) electrons. The number of hydrogen-bond donors (Lipinski definition) is 2. The van der Waals surface area contributed by atoms with E-state index >= 15 is 0 Å². The van der Waals surface area contributed by atoms with Crippen LogP contribution in [0.2, 0.25) is 10.0 Å². The number of aromatic amines is 1. The van der Waals surface area contributed by atoms with E-state index in [2.05, 4.69) is 9.97 Å². The molecule has 2 aromatic rings. The summed E-state index contributed by atoms with van der Waals surface area (Å²) in [5.41, 5.74) is 1.27. The SMILES string of the molecule is Cc1nc2c(Cl)c(O)c(Cl)cc2[nH]1. The Labute approximate surface area is 84.3 Å². The van der Waals surface area contributed by atoms with E-state index in [1.807, 2.05) is 0 Å². The first kappa shape index (κ1) is 8.66. The van der Waals surface area contributed by atoms with Gasteiger partial charge in [0.25, 0.3) is 0 Å². The fourth-order valence-corrected chi connectivity index (χ4v) is 1.69. The van der Waals surface area contributed by atoms with Gasteiger partial charge in [0.1, 0.15) is 16.4 Å². The van der Waals surface area contributed by atoms with E-state index < -0.39 is 0 Å². The van der Waals surface area contributed by atoms with Crippen molar-refractivity contribution in [1.82, 2.24) is 9.97 Å². The monoisotopic (exact) mass is 216 g/mol. The second-order valence-electron chi connectivity index (χ2n) is 2.74. The van der Waals surface area contributed by atoms with Crippen LogP contribution in [0.3, 0.4) is 0 Å². The van der Waals surface area contributed by atoms with Gasteiger partial charge in [-0.1, -0.05) is 23.2 Å². The van der Waals surface area contributed by atoms with Crippen LogP contribution in [0, 0.1) is 6.92 Å². The highest BCUT2D eigenvalue weighted by atomic mass is 35.5. The molecule has 0 amide bonds. The molecule has 1 aromatic carbocycles. The maximum absolute atomic E-state index is 9.40. The maximum Gasteiger partial charge on any atom is 0.155 e. The van der Waals surface area contributed by atoms with Crippen molar-refractivity contribution in [2.24, 2.45) is 0 Å². The van der Waals surface area contributed by atoms with Crippen LogP contribution in [-0.2, 0) is 0 Å². The van der Waals surface area contributed by atoms with Gasteiger partial charge < -0.3 is 10.1 Å². The second kappa shape index (κ2) is 2.79. The molecule has 13 heavy (non-hydrogen) atoms. The Hall–Kier alpha value is -0.930. The van der Waals surface area contributed by atoms with Gasteiger partial charge in [-0.05, 0) is 13.0 Å². The number of fused-ring (bicyclic) bond motifs is 1. The second-order valence-corrected chi connectivity index (χ2v) is 3.52. The Bertz CT molecular complexity index is 478. The zero-order valence-corrected chi connectivity index (χ0v) is 8.24. The van der Waals surface area contributed by atoms with Gasteiger partial charge in [-0.15, -0.1) is 0 Å². The van der Waals surface area contributed by atoms with Gasteiger partial charge in [-0.3, -0.25) is 0 Å². The van der Waals surface area contributed by atoms with Crippen LogP contribution in [-0.4, -0.2) is 15.1 Å². The van der Waals surface area contributed by atoms with Gasteiger partial charge in [0.2, 0.25) is 0 Å². The van der Waals surface area contributed by atoms with Gasteiger partial charge in [0.05, 0.1) is 10.5 Å². The van der Waals surface area contributed by atoms with Crippen LogP contribution in [0.1, 0.15) is 5.82 Å². The van der Waals surface area contributed by atoms with Crippen molar-refractivity contribution in [2.75, 3.05) is 0 Å². The number of nitrogens with zero attached hydrogens (tertiary/aromatic N) is 1. The molecule has 1 heterocycles. The first-order valence-electron chi connectivity index (χ1n) is 3.63. The summed E-state index contributed by atoms with van der Waals surface area (Å²) >= 11 is 11.5. The van der Waals surface area contributed by atoms with Crippen LogP contribution in [0.4, 0.5) is 0 Å². The molecule has 68 valence electrons. The fourth-order valence-electron chi connectivity index (χ4n) is 1.19. The molecule has 2 rings (SSSR count). The number of aryl methyl sites for hydroxylation is 1. The minimum Gasteiger partial charge on any atom is -0.505 e. The molecule has 0 aliphatic rings. The summed E-state index contributed by atoms with van der Waals surface area (Å²) < 4.78 is 0. The summed E-state index contributed by atoms with van der Waals surface area (Å²) in [7, 11) is 0. The summed E-state index contributed by atoms with van der Waals surface area (Å²) in [6, 6.07) is 1.60. The number of rotatable bonds is 0. The average molecular weight is 217 g/mol. The zero-order valence-electron chi connectivity index (χ0n) is 6.73. The Morgan fingerprint density at radius 1 is 1.46 bits per heavy atom. The van der Waals surface area contributed by atoms with Crippen molar-refractivity contribution in [1.29, 1.82) is 0 Å². The van der Waals surface area contributed by atoms with Crippen molar-refractivity contribution >= 4 is 34.2 Å². The third kappa shape index (κ3) is 1.24. The van der Waals surface area contributed by atoms with E-state index in [1.165, 1.54) is 0 Å². The third-order valence-electron chi connectivity index (χ3n) is 1.76. The first-order chi connectivity index (χ1) is 6.09. The number of hydrogen-bond acceptors (Lipinski definition) is 2. The molecule has 0 saturated heterocycles. The number of nitrogens with one attached hydrogen (secondary N) is 1. The van der Waals surface area contributed by atoms with E-state index in [1.54, 1.807) is 13.0 Å². The summed E-state index contributed by atoms with van der Waals surface area (Å²) in [5, 5.41) is 9.81. The Kier molecular flexibility index (Phi) is 1.86. The van der Waals surface area contributed by atoms with Gasteiger partial charge in [0.15, 0.2) is 5.75 Å². The van der Waals surface area contributed by atoms with E-state index in [0.29, 0.717) is 5.52 Å². The van der Waals surface area contributed by atoms with Crippen molar-refractivity contribution in [3.8, 4) is 5.75 Å². The molecule has 0 unspecified atom stereocenters. The molecule has 0 saturated carbocycles. The van der Waals surface area contributed by atoms with Gasteiger partial charge in [-0.25, -0.2) is 4.98 Å². The largest absolute Gasteiger partial charge is 0.505 e. The van der Waals surface area contributed by atoms with E-state index in [0.717, 1.165) is 11.3 Å². The molecule has 5 heteroatoms. The molecular formula is C8H6Cl2N2O. The van der Waals surface area contributed by atoms with Crippen LogP contribution in [0.25, 0.3) is 11.0 Å². The number of aromatic nitrogens is 2. The van der Waals surface area contributed by atoms with Crippen molar-refractivity contribution in [3.05, 3.63) is 21.9 Å². The highest BCUT2D eigenvalue weighted by molar-refractivity contribution is 6.40. The molecular weight excluding hydrogens is 211 g/mol. The predicted octanol–water partition coefficient (Wildman–Crippen LogP) is 2.88. The van der Waals surface area contributed by atoms with Crippen molar-refractivity contribution in [3.63, 3.8) is 0 Å². The molecule has 0 atom stereocenters. The number of phenolic OH excluding ortho intramolecular Hbond substituents is 1. The Morgan fingerprint density at radius 3 is 2.85 bits per heavy atom. The Morgan fingerprint density at radius 2 is 2.15 bits per heavy atom. The molecule has 2 N–H and O–H groups in total. The van der Waals surface area contributed by atoms with Crippen LogP contribution in [0.5, 0.6) is 5.75 Å². The van der Waals surface area contributed by atoms with Gasteiger partial charge in [-0.2, -0.15) is 0 Å². The van der Waals surface area contributed by atoms with Gasteiger partial charge in [0, 0.05) is 0 Å². The molecule has 0 aliphatic carbocycles. The van der Waals surface area contributed by atoms with E-state index in [4.69, 9.17) is 23.2 Å². The van der Waals surface area contributed by atoms with Crippen LogP contribution >= 0.6 is 23.2 Å². The lowest BCUT2D eigenvalue weighted by Gasteiger charge is -1.98. The lowest BCUT2D eigenvalue weighted by atomic mass is 10.3. The fraction of sp³-hybridized carbons (Fsp3) is 0.125. The number of H-pyrrole nitrogens is 1. The number of halogens is 2. The predicted molar refractivity (Wildman–Crippen MR) is 52.5 cm³/mol. The quantitative estimate of drug-likeness (QED) is 0.712. The normalized spacial score (nSPS) is 11.0. The van der Waals surface area contributed by atoms with Crippen molar-refractivity contribution in [2.45, 2.75) is 6.92 Å². The lowest BCUT2D eigenvalue weighted by molar-refractivity contribution is 0.476. The minimum atomic E-state index is -0.123. The van der Waals surface area contributed by atoms with Gasteiger partial charge >= 0.3 is 0 Å². The summed E-state index contributed by atoms with van der Waals surface area (Å²) in [4.78, 5) is 7.08. The highest BCUT2D eigenvalue weighted by Crippen LogP contribution is 2.36. The van der Waals surface area contributed by atoms with Crippen LogP contribution in [0.15, 0.2) is 6.07 Å². The Balaban J connectivity index is 2.92. The summed E-state index contributed by atoms with van der Waals surface area (Å²) in [5.74, 6) is 0.612. The number of benzene rings is 1. The third-order valence-corrected chi connectivity index (χ3v) is 2.41. The molecule has 0 spiro atoms. The zero-order chi connectivity index (χ0) is 9.59. The molecule has 0 aliphatic heterocycles. The van der Waals surface area contributed by atoms with Crippen molar-refractivity contribution < 1.29 is 5.11 Å². The first-order valence-corrected chi connectivity index (χ1v) is 4.38. The van der Waals surface area contributed by atoms with Crippen LogP contribution < -0.4 is 0 Å². The molecule has 1 aromatic heterocycles. The summed E-state index contributed by atoms with van der Waals surface area (Å²) in [6.45, 7) is 1.81. The number of aromatic hydroxyl groups is 1. The number of imidazole rings is 1. The summed E-state index contributed by atoms with van der Waals surface area (Å²) in [6.07, 6.45) is 0. The maximum atomic E-state index is 9.40. The number of phenols is 1. The minimum absolute atomic E-state index is 0.123. The smallest absolute Gasteiger partial charge is 0.155 e. The topological polar surface area (TPSA) is 48.9 Å². The lowest BCUT2D eigenvalue weighted by Crippen LogP contribution is -1.75. The van der Waals surface area contributed by atoms with E-state index in [9.17, 15) is 5.11 Å². The standard InChI is InChI=1S/C8H6Cl2N2O/c1-3-11-5-2-4(9)8(13)6(10)7(5)12-3/h2,13H,1H3,(H,11,12). The molecule has 0 fully saturated rings. The average Bonchev–Trinajstić information content (AvgIpc) is 2.42. The van der Waals surface area contributed by atoms with E-state index in [-0.39, 0.29) is 15.8 Å².